The minimum absolute atomic E-state index is 0. The molecule has 18 heavy (non-hydrogen) atoms. The predicted molar refractivity (Wildman–Crippen MR) is 78.8 cm³/mol. The first-order chi connectivity index (χ1) is 8.14. The van der Waals surface area contributed by atoms with Gasteiger partial charge in [0.2, 0.25) is 10.0 Å². The highest BCUT2D eigenvalue weighted by Crippen LogP contribution is 2.24. The molecule has 0 spiro atoms. The molecule has 0 heterocycles. The van der Waals surface area contributed by atoms with E-state index in [-0.39, 0.29) is 12.4 Å². The van der Waals surface area contributed by atoms with Crippen molar-refractivity contribution in [2.24, 2.45) is 5.92 Å². The van der Waals surface area contributed by atoms with Crippen LogP contribution in [-0.4, -0.2) is 33.8 Å². The Morgan fingerprint density at radius 2 is 1.72 bits per heavy atom. The third-order valence-electron chi connectivity index (χ3n) is 3.23. The second-order valence-electron chi connectivity index (χ2n) is 4.93. The molecule has 0 aromatic heterocycles. The fraction of sp³-hybridized carbons (Fsp3) is 1.00. The van der Waals surface area contributed by atoms with Crippen molar-refractivity contribution < 1.29 is 8.42 Å². The molecule has 4 nitrogen and oxygen atoms in total. The molecule has 1 aliphatic carbocycles. The van der Waals surface area contributed by atoms with Gasteiger partial charge in [0.1, 0.15) is 0 Å². The quantitative estimate of drug-likeness (QED) is 0.673. The Labute approximate surface area is 118 Å². The van der Waals surface area contributed by atoms with Gasteiger partial charge in [0.05, 0.1) is 5.75 Å². The second-order valence-corrected chi connectivity index (χ2v) is 6.78. The molecule has 0 amide bonds. The summed E-state index contributed by atoms with van der Waals surface area (Å²) >= 11 is 0. The Morgan fingerprint density at radius 3 is 2.33 bits per heavy atom. The molecule has 110 valence electrons. The topological polar surface area (TPSA) is 58.2 Å². The molecule has 6 heteroatoms. The Balaban J connectivity index is 0.00000289. The SMILES string of the molecule is CCCNCCNS(=O)(=O)CC1CCCCC1.Cl. The van der Waals surface area contributed by atoms with Crippen molar-refractivity contribution in [1.82, 2.24) is 10.0 Å². The third kappa shape index (κ3) is 8.29. The summed E-state index contributed by atoms with van der Waals surface area (Å²) in [6, 6.07) is 0. The zero-order valence-corrected chi connectivity index (χ0v) is 12.9. The Hall–Kier alpha value is 0.160. The maximum absolute atomic E-state index is 11.8. The second kappa shape index (κ2) is 10.0. The van der Waals surface area contributed by atoms with Crippen LogP contribution < -0.4 is 10.0 Å². The fourth-order valence-electron chi connectivity index (χ4n) is 2.32. The minimum Gasteiger partial charge on any atom is -0.315 e. The van der Waals surface area contributed by atoms with E-state index in [4.69, 9.17) is 0 Å². The van der Waals surface area contributed by atoms with Gasteiger partial charge in [-0.2, -0.15) is 0 Å². The molecule has 1 aliphatic rings. The molecule has 0 saturated heterocycles. The zero-order chi connectivity index (χ0) is 12.6. The number of hydrogen-bond donors (Lipinski definition) is 2. The van der Waals surface area contributed by atoms with E-state index in [2.05, 4.69) is 17.0 Å². The molecule has 0 aromatic rings. The van der Waals surface area contributed by atoms with Crippen molar-refractivity contribution in [2.45, 2.75) is 45.4 Å². The third-order valence-corrected chi connectivity index (χ3v) is 4.78. The van der Waals surface area contributed by atoms with Gasteiger partial charge in [0.25, 0.3) is 0 Å². The van der Waals surface area contributed by atoms with Gasteiger partial charge >= 0.3 is 0 Å². The fourth-order valence-corrected chi connectivity index (χ4v) is 3.80. The van der Waals surface area contributed by atoms with E-state index in [0.717, 1.165) is 32.4 Å². The van der Waals surface area contributed by atoms with E-state index >= 15 is 0 Å². The smallest absolute Gasteiger partial charge is 0.211 e. The lowest BCUT2D eigenvalue weighted by molar-refractivity contribution is 0.384. The summed E-state index contributed by atoms with van der Waals surface area (Å²) in [5.41, 5.74) is 0. The van der Waals surface area contributed by atoms with Crippen LogP contribution in [0.15, 0.2) is 0 Å². The molecule has 0 bridgehead atoms. The van der Waals surface area contributed by atoms with Crippen LogP contribution in [0.25, 0.3) is 0 Å². The minimum atomic E-state index is -3.06. The molecule has 0 aromatic carbocycles. The van der Waals surface area contributed by atoms with Crippen molar-refractivity contribution in [3.8, 4) is 0 Å². The van der Waals surface area contributed by atoms with Crippen LogP contribution >= 0.6 is 12.4 Å². The van der Waals surface area contributed by atoms with E-state index in [1.807, 2.05) is 0 Å². The summed E-state index contributed by atoms with van der Waals surface area (Å²) in [6.07, 6.45) is 6.89. The van der Waals surface area contributed by atoms with Crippen molar-refractivity contribution in [3.05, 3.63) is 0 Å². The average molecular weight is 299 g/mol. The number of hydrogen-bond acceptors (Lipinski definition) is 3. The van der Waals surface area contributed by atoms with Crippen molar-refractivity contribution in [1.29, 1.82) is 0 Å². The average Bonchev–Trinajstić information content (AvgIpc) is 2.29. The number of halogens is 1. The van der Waals surface area contributed by atoms with Crippen LogP contribution in [0.1, 0.15) is 45.4 Å². The molecule has 1 rings (SSSR count). The van der Waals surface area contributed by atoms with Gasteiger partial charge in [-0.1, -0.05) is 26.2 Å². The molecule has 0 atom stereocenters. The summed E-state index contributed by atoms with van der Waals surface area (Å²) < 4.78 is 26.3. The summed E-state index contributed by atoms with van der Waals surface area (Å²) in [5.74, 6) is 0.700. The predicted octanol–water partition coefficient (Wildman–Crippen LogP) is 1.91. The highest BCUT2D eigenvalue weighted by Gasteiger charge is 2.20. The Morgan fingerprint density at radius 1 is 1.06 bits per heavy atom. The Kier molecular flexibility index (Phi) is 10.1. The molecular formula is C12H27ClN2O2S. The van der Waals surface area contributed by atoms with E-state index in [0.29, 0.717) is 18.2 Å². The lowest BCUT2D eigenvalue weighted by atomic mass is 9.91. The zero-order valence-electron chi connectivity index (χ0n) is 11.3. The molecule has 2 N–H and O–H groups in total. The van der Waals surface area contributed by atoms with Crippen LogP contribution in [0, 0.1) is 5.92 Å². The van der Waals surface area contributed by atoms with Crippen molar-refractivity contribution in [3.63, 3.8) is 0 Å². The summed E-state index contributed by atoms with van der Waals surface area (Å²) in [6.45, 7) is 4.28. The van der Waals surface area contributed by atoms with Gasteiger partial charge in [-0.3, -0.25) is 0 Å². The van der Waals surface area contributed by atoms with Crippen LogP contribution in [-0.2, 0) is 10.0 Å². The van der Waals surface area contributed by atoms with Gasteiger partial charge in [0, 0.05) is 13.1 Å². The van der Waals surface area contributed by atoms with Crippen LogP contribution in [0.3, 0.4) is 0 Å². The van der Waals surface area contributed by atoms with Gasteiger partial charge in [-0.15, -0.1) is 12.4 Å². The Bertz CT molecular complexity index is 290. The monoisotopic (exact) mass is 298 g/mol. The van der Waals surface area contributed by atoms with Crippen LogP contribution in [0.4, 0.5) is 0 Å². The summed E-state index contributed by atoms with van der Waals surface area (Å²) in [5, 5.41) is 3.18. The van der Waals surface area contributed by atoms with Crippen LogP contribution in [0.2, 0.25) is 0 Å². The lowest BCUT2D eigenvalue weighted by Crippen LogP contribution is -2.35. The first kappa shape index (κ1) is 18.2. The number of sulfonamides is 1. The molecule has 0 unspecified atom stereocenters. The van der Waals surface area contributed by atoms with Gasteiger partial charge in [-0.05, 0) is 31.7 Å². The summed E-state index contributed by atoms with van der Waals surface area (Å²) in [7, 11) is -3.06. The number of rotatable bonds is 8. The summed E-state index contributed by atoms with van der Waals surface area (Å²) in [4.78, 5) is 0. The first-order valence-electron chi connectivity index (χ1n) is 6.82. The molecular weight excluding hydrogens is 272 g/mol. The van der Waals surface area contributed by atoms with Gasteiger partial charge in [0.15, 0.2) is 0 Å². The normalized spacial score (nSPS) is 17.4. The van der Waals surface area contributed by atoms with E-state index in [1.54, 1.807) is 0 Å². The maximum Gasteiger partial charge on any atom is 0.211 e. The molecule has 1 fully saturated rings. The van der Waals surface area contributed by atoms with E-state index < -0.39 is 10.0 Å². The molecule has 1 saturated carbocycles. The van der Waals surface area contributed by atoms with E-state index in [1.165, 1.54) is 19.3 Å². The highest BCUT2D eigenvalue weighted by atomic mass is 35.5. The highest BCUT2D eigenvalue weighted by molar-refractivity contribution is 7.89. The lowest BCUT2D eigenvalue weighted by Gasteiger charge is -2.21. The van der Waals surface area contributed by atoms with Gasteiger partial charge < -0.3 is 5.32 Å². The van der Waals surface area contributed by atoms with Crippen molar-refractivity contribution >= 4 is 22.4 Å². The van der Waals surface area contributed by atoms with Crippen LogP contribution in [0.5, 0.6) is 0 Å². The maximum atomic E-state index is 11.8. The largest absolute Gasteiger partial charge is 0.315 e. The molecule has 0 radical (unpaired) electrons. The van der Waals surface area contributed by atoms with Crippen molar-refractivity contribution in [2.75, 3.05) is 25.4 Å². The molecule has 0 aliphatic heterocycles. The van der Waals surface area contributed by atoms with Gasteiger partial charge in [-0.25, -0.2) is 13.1 Å². The first-order valence-corrected chi connectivity index (χ1v) is 8.47. The number of nitrogens with one attached hydrogen (secondary N) is 2. The van der Waals surface area contributed by atoms with E-state index in [9.17, 15) is 8.42 Å². The standard InChI is InChI=1S/C12H26N2O2S.ClH/c1-2-8-13-9-10-14-17(15,16)11-12-6-4-3-5-7-12;/h12-14H,2-11H2,1H3;1H.